The van der Waals surface area contributed by atoms with Gasteiger partial charge in [-0.25, -0.2) is 4.68 Å². The van der Waals surface area contributed by atoms with Gasteiger partial charge in [0.05, 0.1) is 12.1 Å². The van der Waals surface area contributed by atoms with E-state index in [1.807, 2.05) is 28.9 Å². The van der Waals surface area contributed by atoms with Gasteiger partial charge < -0.3 is 10.2 Å². The van der Waals surface area contributed by atoms with E-state index >= 15 is 0 Å². The second-order valence-corrected chi connectivity index (χ2v) is 6.22. The van der Waals surface area contributed by atoms with Crippen LogP contribution in [0.15, 0.2) is 24.3 Å². The zero-order valence-corrected chi connectivity index (χ0v) is 13.7. The predicted molar refractivity (Wildman–Crippen MR) is 85.8 cm³/mol. The van der Waals surface area contributed by atoms with Crippen LogP contribution >= 0.6 is 0 Å². The Morgan fingerprint density at radius 1 is 1.43 bits per heavy atom. The number of tetrazole rings is 1. The lowest BCUT2D eigenvalue weighted by Gasteiger charge is -2.14. The zero-order valence-electron chi connectivity index (χ0n) is 13.7. The number of aromatic nitrogens is 4. The Morgan fingerprint density at radius 2 is 2.22 bits per heavy atom. The molecule has 3 rings (SSSR count). The minimum Gasteiger partial charge on any atom is -0.345 e. The molecule has 1 unspecified atom stereocenters. The standard InChI is InChI=1S/C16H22N6O/c1-11(15-18-19-20-22(15)14-7-8-14)17-10-12-5-4-6-13(9-12)16(23)21(2)3/h4-6,9,11,14,17H,7-8,10H2,1-3H3. The van der Waals surface area contributed by atoms with Crippen LogP contribution in [0.3, 0.4) is 0 Å². The summed E-state index contributed by atoms with van der Waals surface area (Å²) in [6.45, 7) is 2.71. The van der Waals surface area contributed by atoms with E-state index in [1.165, 1.54) is 0 Å². The van der Waals surface area contributed by atoms with Crippen molar-refractivity contribution in [1.29, 1.82) is 0 Å². The van der Waals surface area contributed by atoms with Gasteiger partial charge in [-0.15, -0.1) is 5.10 Å². The molecule has 1 aliphatic rings. The first-order chi connectivity index (χ1) is 11.1. The van der Waals surface area contributed by atoms with Crippen LogP contribution in [0.5, 0.6) is 0 Å². The predicted octanol–water partition coefficient (Wildman–Crippen LogP) is 1.56. The van der Waals surface area contributed by atoms with Gasteiger partial charge in [0, 0.05) is 26.2 Å². The van der Waals surface area contributed by atoms with Crippen molar-refractivity contribution in [1.82, 2.24) is 30.4 Å². The lowest BCUT2D eigenvalue weighted by molar-refractivity contribution is 0.0827. The van der Waals surface area contributed by atoms with E-state index in [-0.39, 0.29) is 11.9 Å². The molecule has 0 aliphatic heterocycles. The highest BCUT2D eigenvalue weighted by Crippen LogP contribution is 2.35. The van der Waals surface area contributed by atoms with Crippen LogP contribution < -0.4 is 5.32 Å². The van der Waals surface area contributed by atoms with Crippen molar-refractivity contribution in [2.24, 2.45) is 0 Å². The molecule has 122 valence electrons. The summed E-state index contributed by atoms with van der Waals surface area (Å²) in [4.78, 5) is 13.6. The van der Waals surface area contributed by atoms with Gasteiger partial charge in [0.2, 0.25) is 0 Å². The van der Waals surface area contributed by atoms with Gasteiger partial charge in [-0.05, 0) is 47.9 Å². The van der Waals surface area contributed by atoms with E-state index in [0.717, 1.165) is 24.2 Å². The fourth-order valence-electron chi connectivity index (χ4n) is 2.50. The molecule has 0 bridgehead atoms. The Morgan fingerprint density at radius 3 is 2.91 bits per heavy atom. The van der Waals surface area contributed by atoms with E-state index in [2.05, 4.69) is 27.8 Å². The number of benzene rings is 1. The number of amides is 1. The first-order valence-corrected chi connectivity index (χ1v) is 7.88. The monoisotopic (exact) mass is 314 g/mol. The average molecular weight is 314 g/mol. The Hall–Kier alpha value is -2.28. The van der Waals surface area contributed by atoms with Gasteiger partial charge in [-0.3, -0.25) is 4.79 Å². The third-order valence-electron chi connectivity index (χ3n) is 3.99. The van der Waals surface area contributed by atoms with Crippen molar-refractivity contribution in [2.75, 3.05) is 14.1 Å². The Balaban J connectivity index is 1.65. The molecule has 1 amide bonds. The first-order valence-electron chi connectivity index (χ1n) is 7.88. The Bertz CT molecular complexity index is 691. The molecule has 0 spiro atoms. The average Bonchev–Trinajstić information content (AvgIpc) is 3.28. The van der Waals surface area contributed by atoms with E-state index in [9.17, 15) is 4.79 Å². The third kappa shape index (κ3) is 3.56. The van der Waals surface area contributed by atoms with Crippen LogP contribution in [-0.4, -0.2) is 45.1 Å². The minimum atomic E-state index is 0.0116. The zero-order chi connectivity index (χ0) is 16.4. The van der Waals surface area contributed by atoms with Crippen molar-refractivity contribution in [3.8, 4) is 0 Å². The quantitative estimate of drug-likeness (QED) is 0.875. The second-order valence-electron chi connectivity index (χ2n) is 6.22. The summed E-state index contributed by atoms with van der Waals surface area (Å²) in [7, 11) is 3.51. The SMILES string of the molecule is CC(NCc1cccc(C(=O)N(C)C)c1)c1nnnn1C1CC1. The summed E-state index contributed by atoms with van der Waals surface area (Å²) >= 11 is 0. The molecule has 1 N–H and O–H groups in total. The molecule has 2 aromatic rings. The molecule has 1 fully saturated rings. The Labute approximate surface area is 135 Å². The summed E-state index contributed by atoms with van der Waals surface area (Å²) in [5.41, 5.74) is 1.76. The van der Waals surface area contributed by atoms with Crippen molar-refractivity contribution in [2.45, 2.75) is 38.4 Å². The molecule has 1 atom stereocenters. The second kappa shape index (κ2) is 6.45. The molecule has 1 aromatic carbocycles. The smallest absolute Gasteiger partial charge is 0.253 e. The lowest BCUT2D eigenvalue weighted by atomic mass is 10.1. The van der Waals surface area contributed by atoms with E-state index in [0.29, 0.717) is 18.2 Å². The topological polar surface area (TPSA) is 75.9 Å². The molecule has 0 saturated heterocycles. The van der Waals surface area contributed by atoms with Crippen LogP contribution in [0.25, 0.3) is 0 Å². The summed E-state index contributed by atoms with van der Waals surface area (Å²) < 4.78 is 1.92. The van der Waals surface area contributed by atoms with Gasteiger partial charge in [0.15, 0.2) is 5.82 Å². The fourth-order valence-corrected chi connectivity index (χ4v) is 2.50. The van der Waals surface area contributed by atoms with Crippen molar-refractivity contribution in [3.63, 3.8) is 0 Å². The third-order valence-corrected chi connectivity index (χ3v) is 3.99. The first kappa shape index (κ1) is 15.6. The maximum atomic E-state index is 12.0. The number of hydrogen-bond donors (Lipinski definition) is 1. The van der Waals surface area contributed by atoms with Gasteiger partial charge in [-0.1, -0.05) is 12.1 Å². The molecule has 7 heteroatoms. The number of nitrogens with zero attached hydrogens (tertiary/aromatic N) is 5. The van der Waals surface area contributed by atoms with Gasteiger partial charge in [0.1, 0.15) is 0 Å². The van der Waals surface area contributed by atoms with Gasteiger partial charge in [0.25, 0.3) is 5.91 Å². The van der Waals surface area contributed by atoms with Crippen molar-refractivity contribution in [3.05, 3.63) is 41.2 Å². The number of nitrogens with one attached hydrogen (secondary N) is 1. The van der Waals surface area contributed by atoms with E-state index in [1.54, 1.807) is 19.0 Å². The normalized spacial score (nSPS) is 15.4. The molecule has 7 nitrogen and oxygen atoms in total. The molecule has 1 aromatic heterocycles. The van der Waals surface area contributed by atoms with Crippen LogP contribution in [0, 0.1) is 0 Å². The molecular weight excluding hydrogens is 292 g/mol. The largest absolute Gasteiger partial charge is 0.345 e. The van der Waals surface area contributed by atoms with Crippen molar-refractivity contribution < 1.29 is 4.79 Å². The minimum absolute atomic E-state index is 0.0116. The van der Waals surface area contributed by atoms with Crippen LogP contribution in [0.2, 0.25) is 0 Å². The number of carbonyl (C=O) groups is 1. The molecule has 23 heavy (non-hydrogen) atoms. The van der Waals surface area contributed by atoms with E-state index < -0.39 is 0 Å². The van der Waals surface area contributed by atoms with Gasteiger partial charge in [-0.2, -0.15) is 0 Å². The maximum Gasteiger partial charge on any atom is 0.253 e. The fraction of sp³-hybridized carbons (Fsp3) is 0.500. The highest BCUT2D eigenvalue weighted by Gasteiger charge is 2.29. The molecule has 1 heterocycles. The number of hydrogen-bond acceptors (Lipinski definition) is 5. The summed E-state index contributed by atoms with van der Waals surface area (Å²) in [6.07, 6.45) is 2.30. The molecular formula is C16H22N6O. The number of carbonyl (C=O) groups excluding carboxylic acids is 1. The van der Waals surface area contributed by atoms with Crippen LogP contribution in [0.1, 0.15) is 53.6 Å². The summed E-state index contributed by atoms with van der Waals surface area (Å²) in [5, 5.41) is 15.4. The van der Waals surface area contributed by atoms with Gasteiger partial charge >= 0.3 is 0 Å². The number of rotatable bonds is 6. The Kier molecular flexibility index (Phi) is 4.38. The van der Waals surface area contributed by atoms with Crippen molar-refractivity contribution >= 4 is 5.91 Å². The summed E-state index contributed by atoms with van der Waals surface area (Å²) in [6, 6.07) is 8.20. The van der Waals surface area contributed by atoms with Crippen LogP contribution in [-0.2, 0) is 6.54 Å². The highest BCUT2D eigenvalue weighted by molar-refractivity contribution is 5.94. The lowest BCUT2D eigenvalue weighted by Crippen LogP contribution is -2.23. The highest BCUT2D eigenvalue weighted by atomic mass is 16.2. The van der Waals surface area contributed by atoms with E-state index in [4.69, 9.17) is 0 Å². The molecule has 1 saturated carbocycles. The molecule has 1 aliphatic carbocycles. The summed E-state index contributed by atoms with van der Waals surface area (Å²) in [5.74, 6) is 0.880. The van der Waals surface area contributed by atoms with Crippen LogP contribution in [0.4, 0.5) is 0 Å². The molecule has 0 radical (unpaired) electrons. The maximum absolute atomic E-state index is 12.0.